The molecular formula is C26H25Cl2N3O5. The summed E-state index contributed by atoms with van der Waals surface area (Å²) in [6, 6.07) is 17.7. The Morgan fingerprint density at radius 2 is 1.67 bits per heavy atom. The Morgan fingerprint density at radius 1 is 0.917 bits per heavy atom. The highest BCUT2D eigenvalue weighted by Crippen LogP contribution is 2.27. The van der Waals surface area contributed by atoms with Crippen molar-refractivity contribution in [2.24, 2.45) is 5.10 Å². The number of hydrazone groups is 1. The van der Waals surface area contributed by atoms with E-state index in [1.165, 1.54) is 6.21 Å². The van der Waals surface area contributed by atoms with Crippen LogP contribution in [0.2, 0.25) is 10.0 Å². The number of benzene rings is 3. The zero-order valence-electron chi connectivity index (χ0n) is 19.7. The highest BCUT2D eigenvalue weighted by molar-refractivity contribution is 6.35. The molecule has 0 fully saturated rings. The van der Waals surface area contributed by atoms with Crippen LogP contribution in [0.25, 0.3) is 0 Å². The van der Waals surface area contributed by atoms with E-state index in [0.717, 1.165) is 11.1 Å². The minimum atomic E-state index is -0.863. The van der Waals surface area contributed by atoms with Crippen molar-refractivity contribution in [3.8, 4) is 17.2 Å². The predicted molar refractivity (Wildman–Crippen MR) is 139 cm³/mol. The second-order valence-corrected chi connectivity index (χ2v) is 8.33. The third-order valence-electron chi connectivity index (χ3n) is 5.02. The Morgan fingerprint density at radius 3 is 2.36 bits per heavy atom. The second-order valence-electron chi connectivity index (χ2n) is 7.49. The van der Waals surface area contributed by atoms with E-state index < -0.39 is 11.8 Å². The standard InChI is InChI=1S/C26H25Cl2N3O5/c1-34-23-10-5-17(13-24(23)35-2)11-12-29-25(32)26(33)31-30-15-18-3-8-21(9-4-18)36-16-19-6-7-20(27)14-22(19)28/h3-10,13-15H,11-12,16H2,1-2H3,(H,29,32)(H,31,33)/b30-15+. The zero-order chi connectivity index (χ0) is 25.9. The van der Waals surface area contributed by atoms with Gasteiger partial charge >= 0.3 is 11.8 Å². The summed E-state index contributed by atoms with van der Waals surface area (Å²) in [4.78, 5) is 24.0. The van der Waals surface area contributed by atoms with Crippen LogP contribution < -0.4 is 25.0 Å². The van der Waals surface area contributed by atoms with Crippen molar-refractivity contribution in [2.75, 3.05) is 20.8 Å². The summed E-state index contributed by atoms with van der Waals surface area (Å²) in [6.07, 6.45) is 1.94. The molecule has 188 valence electrons. The van der Waals surface area contributed by atoms with Crippen molar-refractivity contribution in [3.63, 3.8) is 0 Å². The summed E-state index contributed by atoms with van der Waals surface area (Å²) in [7, 11) is 3.11. The van der Waals surface area contributed by atoms with Crippen LogP contribution in [0, 0.1) is 0 Å². The Bertz CT molecular complexity index is 1230. The van der Waals surface area contributed by atoms with Gasteiger partial charge in [-0.15, -0.1) is 0 Å². The van der Waals surface area contributed by atoms with Gasteiger partial charge in [-0.1, -0.05) is 35.3 Å². The van der Waals surface area contributed by atoms with Crippen LogP contribution in [0.5, 0.6) is 17.2 Å². The summed E-state index contributed by atoms with van der Waals surface area (Å²) < 4.78 is 16.2. The van der Waals surface area contributed by atoms with Gasteiger partial charge in [-0.05, 0) is 66.1 Å². The van der Waals surface area contributed by atoms with Gasteiger partial charge in [0.05, 0.1) is 20.4 Å². The summed E-state index contributed by atoms with van der Waals surface area (Å²) in [5.41, 5.74) is 4.66. The van der Waals surface area contributed by atoms with Gasteiger partial charge in [0.1, 0.15) is 12.4 Å². The van der Waals surface area contributed by atoms with Crippen LogP contribution in [0.15, 0.2) is 65.8 Å². The molecule has 0 spiro atoms. The summed E-state index contributed by atoms with van der Waals surface area (Å²) in [6.45, 7) is 0.564. The topological polar surface area (TPSA) is 98.2 Å². The lowest BCUT2D eigenvalue weighted by atomic mass is 10.1. The van der Waals surface area contributed by atoms with E-state index in [9.17, 15) is 9.59 Å². The lowest BCUT2D eigenvalue weighted by Gasteiger charge is -2.10. The van der Waals surface area contributed by atoms with Crippen LogP contribution in [-0.2, 0) is 22.6 Å². The van der Waals surface area contributed by atoms with Crippen LogP contribution in [-0.4, -0.2) is 38.8 Å². The number of halogens is 2. The first-order valence-corrected chi connectivity index (χ1v) is 11.6. The molecule has 3 aromatic carbocycles. The van der Waals surface area contributed by atoms with Crippen molar-refractivity contribution >= 4 is 41.2 Å². The molecule has 3 rings (SSSR count). The average Bonchev–Trinajstić information content (AvgIpc) is 2.88. The molecule has 8 nitrogen and oxygen atoms in total. The molecule has 2 N–H and O–H groups in total. The predicted octanol–water partition coefficient (Wildman–Crippen LogP) is 4.40. The second kappa shape index (κ2) is 13.4. The lowest BCUT2D eigenvalue weighted by Crippen LogP contribution is -2.38. The number of rotatable bonds is 10. The van der Waals surface area contributed by atoms with E-state index in [-0.39, 0.29) is 6.54 Å². The molecule has 0 unspecified atom stereocenters. The normalized spacial score (nSPS) is 10.7. The first-order chi connectivity index (χ1) is 17.4. The van der Waals surface area contributed by atoms with E-state index in [1.807, 2.05) is 12.1 Å². The number of ether oxygens (including phenoxy) is 3. The quantitative estimate of drug-likeness (QED) is 0.230. The fourth-order valence-electron chi connectivity index (χ4n) is 3.10. The number of nitrogens with one attached hydrogen (secondary N) is 2. The van der Waals surface area contributed by atoms with Crippen LogP contribution in [0.4, 0.5) is 0 Å². The molecule has 2 amide bonds. The molecule has 0 saturated carbocycles. The molecule has 0 radical (unpaired) electrons. The maximum absolute atomic E-state index is 12.0. The number of carbonyl (C=O) groups is 2. The minimum Gasteiger partial charge on any atom is -0.493 e. The van der Waals surface area contributed by atoms with Crippen molar-refractivity contribution < 1.29 is 23.8 Å². The maximum Gasteiger partial charge on any atom is 0.329 e. The number of carbonyl (C=O) groups excluding carboxylic acids is 2. The van der Waals surface area contributed by atoms with E-state index >= 15 is 0 Å². The molecule has 0 atom stereocenters. The molecule has 0 aromatic heterocycles. The van der Waals surface area contributed by atoms with Gasteiger partial charge in [-0.3, -0.25) is 9.59 Å². The molecule has 3 aromatic rings. The average molecular weight is 530 g/mol. The van der Waals surface area contributed by atoms with E-state index in [1.54, 1.807) is 62.8 Å². The van der Waals surface area contributed by atoms with Crippen molar-refractivity contribution in [1.82, 2.24) is 10.7 Å². The smallest absolute Gasteiger partial charge is 0.329 e. The van der Waals surface area contributed by atoms with Crippen molar-refractivity contribution in [2.45, 2.75) is 13.0 Å². The summed E-state index contributed by atoms with van der Waals surface area (Å²) in [5, 5.41) is 7.48. The SMILES string of the molecule is COc1ccc(CCNC(=O)C(=O)N/N=C/c2ccc(OCc3ccc(Cl)cc3Cl)cc2)cc1OC. The molecule has 0 saturated heterocycles. The van der Waals surface area contributed by atoms with Gasteiger partial charge in [0.2, 0.25) is 0 Å². The van der Waals surface area contributed by atoms with E-state index in [4.69, 9.17) is 37.4 Å². The number of hydrogen-bond donors (Lipinski definition) is 2. The van der Waals surface area contributed by atoms with Crippen LogP contribution >= 0.6 is 23.2 Å². The van der Waals surface area contributed by atoms with E-state index in [2.05, 4.69) is 15.8 Å². The van der Waals surface area contributed by atoms with Crippen molar-refractivity contribution in [3.05, 3.63) is 87.4 Å². The number of hydrogen-bond acceptors (Lipinski definition) is 6. The Kier molecular flexibility index (Phi) is 9.97. The minimum absolute atomic E-state index is 0.272. The summed E-state index contributed by atoms with van der Waals surface area (Å²) >= 11 is 12.0. The van der Waals surface area contributed by atoms with Crippen LogP contribution in [0.3, 0.4) is 0 Å². The number of amides is 2. The fraction of sp³-hybridized carbons (Fsp3) is 0.192. The fourth-order valence-corrected chi connectivity index (χ4v) is 3.57. The molecule has 0 bridgehead atoms. The molecule has 36 heavy (non-hydrogen) atoms. The molecule has 0 heterocycles. The molecule has 10 heteroatoms. The first kappa shape index (κ1) is 26.8. The van der Waals surface area contributed by atoms with E-state index in [0.29, 0.717) is 45.9 Å². The Balaban J connectivity index is 1.41. The van der Waals surface area contributed by atoms with Crippen molar-refractivity contribution in [1.29, 1.82) is 0 Å². The maximum atomic E-state index is 12.0. The monoisotopic (exact) mass is 529 g/mol. The largest absolute Gasteiger partial charge is 0.493 e. The highest BCUT2D eigenvalue weighted by Gasteiger charge is 2.12. The molecule has 0 aliphatic carbocycles. The lowest BCUT2D eigenvalue weighted by molar-refractivity contribution is -0.139. The van der Waals surface area contributed by atoms with Crippen LogP contribution in [0.1, 0.15) is 16.7 Å². The van der Waals surface area contributed by atoms with Gasteiger partial charge in [0, 0.05) is 22.2 Å². The molecule has 0 aliphatic heterocycles. The Hall–Kier alpha value is -3.75. The van der Waals surface area contributed by atoms with Gasteiger partial charge in [0.25, 0.3) is 0 Å². The molecule has 0 aliphatic rings. The van der Waals surface area contributed by atoms with Gasteiger partial charge in [-0.2, -0.15) is 5.10 Å². The number of nitrogens with zero attached hydrogens (tertiary/aromatic N) is 1. The summed E-state index contributed by atoms with van der Waals surface area (Å²) in [5.74, 6) is 0.207. The third kappa shape index (κ3) is 7.90. The first-order valence-electron chi connectivity index (χ1n) is 10.9. The highest BCUT2D eigenvalue weighted by atomic mass is 35.5. The third-order valence-corrected chi connectivity index (χ3v) is 5.61. The van der Waals surface area contributed by atoms with Gasteiger partial charge in [-0.25, -0.2) is 5.43 Å². The number of methoxy groups -OCH3 is 2. The van der Waals surface area contributed by atoms with Gasteiger partial charge in [0.15, 0.2) is 11.5 Å². The Labute approximate surface area is 219 Å². The zero-order valence-corrected chi connectivity index (χ0v) is 21.2. The molecular weight excluding hydrogens is 505 g/mol. The van der Waals surface area contributed by atoms with Gasteiger partial charge < -0.3 is 19.5 Å².